The lowest BCUT2D eigenvalue weighted by atomic mass is 9.97. The van der Waals surface area contributed by atoms with Gasteiger partial charge in [0.1, 0.15) is 70.6 Å². The minimum Gasteiger partial charge on any atom is -0.508 e. The van der Waals surface area contributed by atoms with Gasteiger partial charge in [-0.15, -0.1) is 0 Å². The highest BCUT2D eigenvalue weighted by Gasteiger charge is 2.50. The maximum atomic E-state index is 12.8. The van der Waals surface area contributed by atoms with Crippen LogP contribution in [-0.4, -0.2) is 109 Å². The Bertz CT molecular complexity index is 1420. The number of fused-ring (bicyclic) bond motifs is 1. The molecule has 3 heterocycles. The number of benzene rings is 2. The van der Waals surface area contributed by atoms with E-state index in [4.69, 9.17) is 23.4 Å². The fourth-order valence-corrected chi connectivity index (χ4v) is 4.79. The highest BCUT2D eigenvalue weighted by atomic mass is 16.8. The van der Waals surface area contributed by atoms with Crippen LogP contribution in [0.5, 0.6) is 17.2 Å². The summed E-state index contributed by atoms with van der Waals surface area (Å²) in [4.78, 5) is 12.8. The molecule has 2 aliphatic rings. The molecule has 2 aromatic carbocycles. The summed E-state index contributed by atoms with van der Waals surface area (Å²) in [5.41, 5.74) is -0.182. The van der Waals surface area contributed by atoms with Gasteiger partial charge in [0, 0.05) is 23.8 Å². The van der Waals surface area contributed by atoms with Crippen LogP contribution in [-0.2, 0) is 14.2 Å². The minimum absolute atomic E-state index is 0.00857. The van der Waals surface area contributed by atoms with E-state index in [1.807, 2.05) is 0 Å². The molecule has 8 N–H and O–H groups in total. The summed E-state index contributed by atoms with van der Waals surface area (Å²) >= 11 is 0. The first kappa shape index (κ1) is 29.2. The largest absolute Gasteiger partial charge is 0.508 e. The number of aliphatic hydroxyl groups is 6. The molecule has 14 heteroatoms. The Morgan fingerprint density at radius 1 is 0.829 bits per heavy atom. The van der Waals surface area contributed by atoms with Crippen molar-refractivity contribution in [3.05, 3.63) is 52.7 Å². The van der Waals surface area contributed by atoms with Gasteiger partial charge in [-0.25, -0.2) is 0 Å². The average molecular weight is 579 g/mol. The summed E-state index contributed by atoms with van der Waals surface area (Å²) in [5, 5.41) is 81.4. The monoisotopic (exact) mass is 578 g/mol. The first-order valence-corrected chi connectivity index (χ1v) is 12.7. The Morgan fingerprint density at radius 2 is 1.54 bits per heavy atom. The summed E-state index contributed by atoms with van der Waals surface area (Å²) in [7, 11) is 0. The minimum atomic E-state index is -1.76. The van der Waals surface area contributed by atoms with Gasteiger partial charge >= 0.3 is 0 Å². The van der Waals surface area contributed by atoms with Gasteiger partial charge < -0.3 is 64.2 Å². The van der Waals surface area contributed by atoms with Crippen molar-refractivity contribution < 1.29 is 64.2 Å². The predicted molar refractivity (Wildman–Crippen MR) is 137 cm³/mol. The molecule has 222 valence electrons. The molecule has 3 aromatic rings. The molecule has 10 atom stereocenters. The smallest absolute Gasteiger partial charge is 0.229 e. The van der Waals surface area contributed by atoms with Gasteiger partial charge in [0.05, 0.1) is 12.7 Å². The molecule has 0 saturated carbocycles. The SMILES string of the molecule is C[C@@H]1O[C@@H](O[C@H]2[C@H](Oc3cc(O)c4c(=O)cc(-c5ccc(O)cc5)oc4c3)O[C@H](CO)[C@@H](O)[C@@H]2O)[C@@H](O)[C@H](O)[C@H]1O. The maximum absolute atomic E-state index is 12.8. The Hall–Kier alpha value is -3.31. The third-order valence-electron chi connectivity index (χ3n) is 7.11. The first-order chi connectivity index (χ1) is 19.5. The predicted octanol–water partition coefficient (Wildman–Crippen LogP) is -1.10. The molecule has 0 unspecified atom stereocenters. The van der Waals surface area contributed by atoms with Crippen molar-refractivity contribution in [3.63, 3.8) is 0 Å². The molecule has 2 aliphatic heterocycles. The second kappa shape index (κ2) is 11.5. The van der Waals surface area contributed by atoms with Crippen molar-refractivity contribution in [2.24, 2.45) is 0 Å². The number of phenolic OH excluding ortho intramolecular Hbond substituents is 2. The number of hydrogen-bond acceptors (Lipinski definition) is 14. The van der Waals surface area contributed by atoms with E-state index in [1.54, 1.807) is 0 Å². The fraction of sp³-hybridized carbons (Fsp3) is 0.444. The Kier molecular flexibility index (Phi) is 8.20. The number of phenols is 2. The van der Waals surface area contributed by atoms with Crippen LogP contribution in [0.3, 0.4) is 0 Å². The Balaban J connectivity index is 1.47. The summed E-state index contributed by atoms with van der Waals surface area (Å²) < 4.78 is 28.4. The summed E-state index contributed by atoms with van der Waals surface area (Å²) in [6, 6.07) is 9.38. The van der Waals surface area contributed by atoms with Crippen molar-refractivity contribution in [1.29, 1.82) is 0 Å². The zero-order chi connectivity index (χ0) is 29.6. The molecular weight excluding hydrogens is 548 g/mol. The van der Waals surface area contributed by atoms with Crippen LogP contribution in [0.4, 0.5) is 0 Å². The van der Waals surface area contributed by atoms with Gasteiger partial charge in [-0.2, -0.15) is 0 Å². The second-order valence-corrected chi connectivity index (χ2v) is 9.94. The summed E-state index contributed by atoms with van der Waals surface area (Å²) in [6.45, 7) is 0.704. The molecule has 0 bridgehead atoms. The number of aliphatic hydroxyl groups excluding tert-OH is 6. The average Bonchev–Trinajstić information content (AvgIpc) is 2.94. The molecule has 2 fully saturated rings. The van der Waals surface area contributed by atoms with E-state index >= 15 is 0 Å². The van der Waals surface area contributed by atoms with E-state index < -0.39 is 79.2 Å². The highest BCUT2D eigenvalue weighted by Crippen LogP contribution is 2.35. The molecule has 41 heavy (non-hydrogen) atoms. The van der Waals surface area contributed by atoms with E-state index in [2.05, 4.69) is 0 Å². The van der Waals surface area contributed by atoms with Crippen molar-refractivity contribution in [2.75, 3.05) is 6.61 Å². The van der Waals surface area contributed by atoms with Crippen molar-refractivity contribution in [2.45, 2.75) is 68.3 Å². The van der Waals surface area contributed by atoms with Crippen LogP contribution in [0.1, 0.15) is 6.92 Å². The van der Waals surface area contributed by atoms with E-state index in [9.17, 15) is 45.6 Å². The lowest BCUT2D eigenvalue weighted by Gasteiger charge is -2.45. The normalized spacial score (nSPS) is 34.0. The fourth-order valence-electron chi connectivity index (χ4n) is 4.79. The zero-order valence-electron chi connectivity index (χ0n) is 21.5. The third-order valence-corrected chi connectivity index (χ3v) is 7.11. The van der Waals surface area contributed by atoms with E-state index in [0.717, 1.165) is 6.07 Å². The number of rotatable bonds is 6. The topological polar surface area (TPSA) is 229 Å². The lowest BCUT2D eigenvalue weighted by molar-refractivity contribution is -0.354. The summed E-state index contributed by atoms with van der Waals surface area (Å²) in [6.07, 6.45) is -15.3. The Labute approximate surface area is 231 Å². The van der Waals surface area contributed by atoms with E-state index in [1.165, 1.54) is 43.3 Å². The van der Waals surface area contributed by atoms with Gasteiger partial charge in [0.15, 0.2) is 17.8 Å². The summed E-state index contributed by atoms with van der Waals surface area (Å²) in [5.74, 6) is -0.498. The molecule has 2 saturated heterocycles. The second-order valence-electron chi connectivity index (χ2n) is 9.94. The molecule has 5 rings (SSSR count). The van der Waals surface area contributed by atoms with Gasteiger partial charge in [-0.05, 0) is 31.2 Å². The number of ether oxygens (including phenoxy) is 4. The molecule has 14 nitrogen and oxygen atoms in total. The van der Waals surface area contributed by atoms with Crippen LogP contribution in [0.2, 0.25) is 0 Å². The standard InChI is InChI=1S/C27H30O14/c1-10-20(32)22(34)24(36)26(37-10)41-25-23(35)21(33)18(9-28)40-27(25)38-13-6-14(30)19-15(31)8-16(39-17(19)7-13)11-2-4-12(29)5-3-11/h2-8,10,18,20-30,32-36H,9H2,1H3/t10-,18+,20-,21+,22+,23-,24-,25+,26-,27+/m0/s1. The first-order valence-electron chi connectivity index (χ1n) is 12.7. The third kappa shape index (κ3) is 5.61. The van der Waals surface area contributed by atoms with Gasteiger partial charge in [-0.3, -0.25) is 4.79 Å². The lowest BCUT2D eigenvalue weighted by Crippen LogP contribution is -2.64. The van der Waals surface area contributed by atoms with Crippen molar-refractivity contribution >= 4 is 11.0 Å². The van der Waals surface area contributed by atoms with Crippen LogP contribution in [0.15, 0.2) is 51.7 Å². The quantitative estimate of drug-likeness (QED) is 0.174. The van der Waals surface area contributed by atoms with Crippen molar-refractivity contribution in [3.8, 4) is 28.6 Å². The molecule has 0 aliphatic carbocycles. The van der Waals surface area contributed by atoms with Crippen LogP contribution >= 0.6 is 0 Å². The molecule has 0 radical (unpaired) electrons. The molecule has 1 aromatic heterocycles. The molecule has 0 spiro atoms. The van der Waals surface area contributed by atoms with Gasteiger partial charge in [0.2, 0.25) is 6.29 Å². The van der Waals surface area contributed by atoms with E-state index in [0.29, 0.717) is 5.56 Å². The van der Waals surface area contributed by atoms with E-state index in [-0.39, 0.29) is 28.2 Å². The van der Waals surface area contributed by atoms with Gasteiger partial charge in [-0.1, -0.05) is 0 Å². The van der Waals surface area contributed by atoms with Crippen LogP contribution in [0, 0.1) is 0 Å². The van der Waals surface area contributed by atoms with Gasteiger partial charge in [0.25, 0.3) is 0 Å². The van der Waals surface area contributed by atoms with Crippen molar-refractivity contribution in [1.82, 2.24) is 0 Å². The highest BCUT2D eigenvalue weighted by molar-refractivity contribution is 5.86. The zero-order valence-corrected chi connectivity index (χ0v) is 21.5. The molecular formula is C27H30O14. The number of hydrogen-bond donors (Lipinski definition) is 8. The number of aromatic hydroxyl groups is 2. The van der Waals surface area contributed by atoms with Crippen LogP contribution < -0.4 is 10.2 Å². The Morgan fingerprint density at radius 3 is 2.22 bits per heavy atom. The van der Waals surface area contributed by atoms with Crippen LogP contribution in [0.25, 0.3) is 22.3 Å². The maximum Gasteiger partial charge on any atom is 0.229 e. The molecule has 0 amide bonds.